The van der Waals surface area contributed by atoms with Crippen LogP contribution in [0.5, 0.6) is 5.75 Å². The summed E-state index contributed by atoms with van der Waals surface area (Å²) in [7, 11) is 1.72. The molecule has 2 atom stereocenters. The van der Waals surface area contributed by atoms with E-state index in [4.69, 9.17) is 21.7 Å². The molecule has 0 aliphatic carbocycles. The van der Waals surface area contributed by atoms with Gasteiger partial charge in [0.1, 0.15) is 11.8 Å². The lowest BCUT2D eigenvalue weighted by Gasteiger charge is -2.29. The standard InChI is InChI=1S/C24H28N4O2S/c1-17(2)30-19-11-9-18(10-12-19)28-23(21-8-6-14-27(21)15-16-29-3)22(26-24(28)31)20-7-4-5-13-25-20/h4-14,17,22-23H,15-16H2,1-3H3,(H,26,31). The summed E-state index contributed by atoms with van der Waals surface area (Å²) in [6.07, 6.45) is 4.04. The van der Waals surface area contributed by atoms with E-state index in [-0.39, 0.29) is 18.2 Å². The molecule has 0 spiro atoms. The van der Waals surface area contributed by atoms with Gasteiger partial charge in [-0.3, -0.25) is 4.98 Å². The van der Waals surface area contributed by atoms with Crippen molar-refractivity contribution in [3.63, 3.8) is 0 Å². The summed E-state index contributed by atoms with van der Waals surface area (Å²) < 4.78 is 13.4. The van der Waals surface area contributed by atoms with E-state index >= 15 is 0 Å². The summed E-state index contributed by atoms with van der Waals surface area (Å²) in [5.74, 6) is 0.845. The van der Waals surface area contributed by atoms with E-state index in [2.05, 4.69) is 50.2 Å². The van der Waals surface area contributed by atoms with Crippen molar-refractivity contribution in [1.29, 1.82) is 0 Å². The Balaban J connectivity index is 1.74. The first kappa shape index (κ1) is 21.3. The summed E-state index contributed by atoms with van der Waals surface area (Å²) in [6, 6.07) is 18.2. The molecule has 162 valence electrons. The van der Waals surface area contributed by atoms with Gasteiger partial charge in [0.15, 0.2) is 5.11 Å². The molecule has 7 heteroatoms. The number of ether oxygens (including phenoxy) is 2. The number of benzene rings is 1. The first-order chi connectivity index (χ1) is 15.1. The molecule has 3 heterocycles. The normalized spacial score (nSPS) is 18.5. The third kappa shape index (κ3) is 4.57. The molecule has 1 aliphatic heterocycles. The highest BCUT2D eigenvalue weighted by Crippen LogP contribution is 2.41. The first-order valence-electron chi connectivity index (χ1n) is 10.5. The Hall–Kier alpha value is -2.90. The number of aromatic nitrogens is 2. The van der Waals surface area contributed by atoms with Crippen LogP contribution in [0, 0.1) is 0 Å². The van der Waals surface area contributed by atoms with Gasteiger partial charge in [-0.05, 0) is 74.6 Å². The average Bonchev–Trinajstić information content (AvgIpc) is 3.36. The van der Waals surface area contributed by atoms with Crippen LogP contribution in [-0.2, 0) is 11.3 Å². The van der Waals surface area contributed by atoms with E-state index in [9.17, 15) is 0 Å². The van der Waals surface area contributed by atoms with Crippen LogP contribution in [0.15, 0.2) is 67.0 Å². The number of pyridine rings is 1. The molecule has 0 bridgehead atoms. The number of anilines is 1. The fraction of sp³-hybridized carbons (Fsp3) is 0.333. The van der Waals surface area contributed by atoms with Crippen molar-refractivity contribution in [1.82, 2.24) is 14.9 Å². The minimum atomic E-state index is -0.0727. The second-order valence-electron chi connectivity index (χ2n) is 7.78. The zero-order chi connectivity index (χ0) is 21.8. The van der Waals surface area contributed by atoms with E-state index in [1.165, 1.54) is 0 Å². The average molecular weight is 437 g/mol. The Kier molecular flexibility index (Phi) is 6.53. The number of nitrogens with zero attached hydrogens (tertiary/aromatic N) is 3. The maximum atomic E-state index is 5.82. The zero-order valence-corrected chi connectivity index (χ0v) is 18.9. The van der Waals surface area contributed by atoms with Gasteiger partial charge >= 0.3 is 0 Å². The van der Waals surface area contributed by atoms with Crippen molar-refractivity contribution < 1.29 is 9.47 Å². The predicted octanol–water partition coefficient (Wildman–Crippen LogP) is 4.49. The lowest BCUT2D eigenvalue weighted by molar-refractivity contribution is 0.186. The molecule has 0 saturated carbocycles. The predicted molar refractivity (Wildman–Crippen MR) is 126 cm³/mol. The lowest BCUT2D eigenvalue weighted by Crippen LogP contribution is -2.30. The Morgan fingerprint density at radius 1 is 1.10 bits per heavy atom. The van der Waals surface area contributed by atoms with E-state index in [0.29, 0.717) is 11.7 Å². The van der Waals surface area contributed by atoms with Crippen molar-refractivity contribution in [3.8, 4) is 5.75 Å². The second kappa shape index (κ2) is 9.49. The Morgan fingerprint density at radius 3 is 2.58 bits per heavy atom. The zero-order valence-electron chi connectivity index (χ0n) is 18.1. The molecule has 1 aromatic carbocycles. The number of hydrogen-bond donors (Lipinski definition) is 1. The quantitative estimate of drug-likeness (QED) is 0.525. The molecular formula is C24H28N4O2S. The van der Waals surface area contributed by atoms with Gasteiger partial charge in [-0.1, -0.05) is 6.07 Å². The maximum absolute atomic E-state index is 5.82. The largest absolute Gasteiger partial charge is 0.491 e. The Labute approximate surface area is 188 Å². The molecule has 2 aromatic heterocycles. The summed E-state index contributed by atoms with van der Waals surface area (Å²) in [5, 5.41) is 4.18. The molecule has 31 heavy (non-hydrogen) atoms. The van der Waals surface area contributed by atoms with Gasteiger partial charge in [-0.2, -0.15) is 0 Å². The van der Waals surface area contributed by atoms with Gasteiger partial charge in [-0.25, -0.2) is 0 Å². The minimum absolute atomic E-state index is 0.0499. The van der Waals surface area contributed by atoms with E-state index < -0.39 is 0 Å². The van der Waals surface area contributed by atoms with Gasteiger partial charge in [0.05, 0.1) is 24.4 Å². The van der Waals surface area contributed by atoms with E-state index in [1.807, 2.05) is 50.4 Å². The first-order valence-corrected chi connectivity index (χ1v) is 10.9. The molecule has 1 N–H and O–H groups in total. The van der Waals surface area contributed by atoms with Crippen LogP contribution < -0.4 is 15.0 Å². The molecule has 6 nitrogen and oxygen atoms in total. The van der Waals surface area contributed by atoms with Crippen LogP contribution in [0.25, 0.3) is 0 Å². The lowest BCUT2D eigenvalue weighted by atomic mass is 10.0. The van der Waals surface area contributed by atoms with Crippen molar-refractivity contribution in [2.24, 2.45) is 0 Å². The van der Waals surface area contributed by atoms with E-state index in [0.717, 1.165) is 29.4 Å². The fourth-order valence-electron chi connectivity index (χ4n) is 3.98. The van der Waals surface area contributed by atoms with Crippen molar-refractivity contribution in [3.05, 3.63) is 78.4 Å². The van der Waals surface area contributed by atoms with Crippen LogP contribution in [0.3, 0.4) is 0 Å². The molecule has 0 radical (unpaired) electrons. The summed E-state index contributed by atoms with van der Waals surface area (Å²) in [5.41, 5.74) is 3.12. The molecule has 0 amide bonds. The van der Waals surface area contributed by atoms with Crippen molar-refractivity contribution in [2.45, 2.75) is 38.6 Å². The third-order valence-electron chi connectivity index (χ3n) is 5.29. The van der Waals surface area contributed by atoms with Crippen LogP contribution in [0.1, 0.15) is 37.3 Å². The van der Waals surface area contributed by atoms with Crippen LogP contribution in [0.2, 0.25) is 0 Å². The molecule has 4 rings (SSSR count). The highest BCUT2D eigenvalue weighted by atomic mass is 32.1. The van der Waals surface area contributed by atoms with Crippen molar-refractivity contribution in [2.75, 3.05) is 18.6 Å². The minimum Gasteiger partial charge on any atom is -0.491 e. The van der Waals surface area contributed by atoms with Crippen LogP contribution in [-0.4, -0.2) is 34.5 Å². The van der Waals surface area contributed by atoms with Crippen LogP contribution in [0.4, 0.5) is 5.69 Å². The number of thiocarbonyl (C=S) groups is 1. The highest BCUT2D eigenvalue weighted by Gasteiger charge is 2.41. The molecule has 1 saturated heterocycles. The molecular weight excluding hydrogens is 408 g/mol. The maximum Gasteiger partial charge on any atom is 0.174 e. The fourth-order valence-corrected chi connectivity index (χ4v) is 4.33. The topological polar surface area (TPSA) is 51.5 Å². The summed E-state index contributed by atoms with van der Waals surface area (Å²) >= 11 is 5.81. The van der Waals surface area contributed by atoms with Crippen molar-refractivity contribution >= 4 is 23.0 Å². The van der Waals surface area contributed by atoms with Gasteiger partial charge < -0.3 is 24.3 Å². The molecule has 3 aromatic rings. The SMILES string of the molecule is COCCn1cccc1C1C(c2ccccn2)NC(=S)N1c1ccc(OC(C)C)cc1. The highest BCUT2D eigenvalue weighted by molar-refractivity contribution is 7.80. The number of hydrogen-bond acceptors (Lipinski definition) is 4. The van der Waals surface area contributed by atoms with Gasteiger partial charge in [0.2, 0.25) is 0 Å². The Bertz CT molecular complexity index is 1000. The number of methoxy groups -OCH3 is 1. The number of nitrogens with one attached hydrogen (secondary N) is 1. The third-order valence-corrected chi connectivity index (χ3v) is 5.60. The van der Waals surface area contributed by atoms with Crippen LogP contribution >= 0.6 is 12.2 Å². The van der Waals surface area contributed by atoms with Gasteiger partial charge in [-0.15, -0.1) is 0 Å². The van der Waals surface area contributed by atoms with E-state index in [1.54, 1.807) is 7.11 Å². The second-order valence-corrected chi connectivity index (χ2v) is 8.16. The smallest absolute Gasteiger partial charge is 0.174 e. The van der Waals surface area contributed by atoms with Gasteiger partial charge in [0.25, 0.3) is 0 Å². The monoisotopic (exact) mass is 436 g/mol. The Morgan fingerprint density at radius 2 is 1.90 bits per heavy atom. The molecule has 1 fully saturated rings. The molecule has 1 aliphatic rings. The van der Waals surface area contributed by atoms with Gasteiger partial charge in [0, 0.05) is 37.4 Å². The summed E-state index contributed by atoms with van der Waals surface area (Å²) in [4.78, 5) is 6.79. The summed E-state index contributed by atoms with van der Waals surface area (Å²) in [6.45, 7) is 5.46. The number of rotatable bonds is 8. The molecule has 2 unspecified atom stereocenters.